The lowest BCUT2D eigenvalue weighted by Crippen LogP contribution is -1.96. The Morgan fingerprint density at radius 2 is 2.07 bits per heavy atom. The Hall–Kier alpha value is -1.79. The number of aliphatic carboxylic acids is 1. The van der Waals surface area contributed by atoms with Gasteiger partial charge in [-0.2, -0.15) is 0 Å². The Labute approximate surface area is 83.2 Å². The van der Waals surface area contributed by atoms with Crippen molar-refractivity contribution >= 4 is 12.0 Å². The molecule has 0 radical (unpaired) electrons. The summed E-state index contributed by atoms with van der Waals surface area (Å²) in [6.45, 7) is 1.80. The molecular formula is C12H12O2. The molecule has 14 heavy (non-hydrogen) atoms. The molecular weight excluding hydrogens is 176 g/mol. The van der Waals surface area contributed by atoms with Crippen molar-refractivity contribution in [1.82, 2.24) is 0 Å². The largest absolute Gasteiger partial charge is 0.477 e. The van der Waals surface area contributed by atoms with Gasteiger partial charge in [0.25, 0.3) is 0 Å². The van der Waals surface area contributed by atoms with Gasteiger partial charge in [-0.1, -0.05) is 37.3 Å². The zero-order chi connectivity index (χ0) is 10.4. The van der Waals surface area contributed by atoms with Crippen LogP contribution >= 0.6 is 0 Å². The minimum Gasteiger partial charge on any atom is -0.477 e. The molecule has 0 aliphatic heterocycles. The van der Waals surface area contributed by atoms with Gasteiger partial charge < -0.3 is 5.11 Å². The standard InChI is InChI=1S/C12H12O2/c1-2-11(12(13)14)9-8-10-6-4-3-5-7-10/h3-8H,2H2,1H3,(H,13,14). The Bertz CT molecular complexity index is 371. The molecule has 0 heterocycles. The second-order valence-electron chi connectivity index (χ2n) is 2.84. The van der Waals surface area contributed by atoms with Crippen LogP contribution in [0.3, 0.4) is 0 Å². The van der Waals surface area contributed by atoms with Gasteiger partial charge in [-0.25, -0.2) is 4.79 Å². The average molecular weight is 188 g/mol. The number of carbonyl (C=O) groups is 1. The van der Waals surface area contributed by atoms with Crippen molar-refractivity contribution in [2.45, 2.75) is 13.3 Å². The number of hydrogen-bond donors (Lipinski definition) is 1. The number of hydrogen-bond acceptors (Lipinski definition) is 1. The van der Waals surface area contributed by atoms with E-state index in [0.717, 1.165) is 5.56 Å². The van der Waals surface area contributed by atoms with Gasteiger partial charge in [0.2, 0.25) is 0 Å². The van der Waals surface area contributed by atoms with Crippen molar-refractivity contribution in [3.63, 3.8) is 0 Å². The third-order valence-corrected chi connectivity index (χ3v) is 1.82. The summed E-state index contributed by atoms with van der Waals surface area (Å²) >= 11 is 0. The van der Waals surface area contributed by atoms with Crippen LogP contribution in [0.4, 0.5) is 0 Å². The lowest BCUT2D eigenvalue weighted by Gasteiger charge is -1.91. The van der Waals surface area contributed by atoms with Crippen LogP contribution in [0, 0.1) is 0 Å². The highest BCUT2D eigenvalue weighted by atomic mass is 16.4. The second kappa shape index (κ2) is 5.05. The average Bonchev–Trinajstić information content (AvgIpc) is 2.20. The highest BCUT2D eigenvalue weighted by Gasteiger charge is 2.00. The molecule has 2 nitrogen and oxygen atoms in total. The fourth-order valence-electron chi connectivity index (χ4n) is 1.03. The van der Waals surface area contributed by atoms with Gasteiger partial charge in [0.15, 0.2) is 0 Å². The molecule has 0 aromatic heterocycles. The van der Waals surface area contributed by atoms with Crippen molar-refractivity contribution in [2.24, 2.45) is 0 Å². The third kappa shape index (κ3) is 2.92. The van der Waals surface area contributed by atoms with Crippen LogP contribution in [-0.4, -0.2) is 11.1 Å². The topological polar surface area (TPSA) is 37.3 Å². The molecule has 0 saturated carbocycles. The van der Waals surface area contributed by atoms with Crippen molar-refractivity contribution in [3.8, 4) is 0 Å². The van der Waals surface area contributed by atoms with Crippen molar-refractivity contribution in [2.75, 3.05) is 0 Å². The Morgan fingerprint density at radius 3 is 2.57 bits per heavy atom. The second-order valence-corrected chi connectivity index (χ2v) is 2.84. The lowest BCUT2D eigenvalue weighted by atomic mass is 10.2. The maximum absolute atomic E-state index is 10.6. The molecule has 1 aromatic carbocycles. The van der Waals surface area contributed by atoms with E-state index in [9.17, 15) is 4.79 Å². The van der Waals surface area contributed by atoms with Gasteiger partial charge in [0.05, 0.1) is 5.57 Å². The number of rotatable bonds is 3. The van der Waals surface area contributed by atoms with E-state index in [1.165, 1.54) is 0 Å². The van der Waals surface area contributed by atoms with Crippen LogP contribution in [-0.2, 0) is 4.79 Å². The lowest BCUT2D eigenvalue weighted by molar-refractivity contribution is -0.132. The summed E-state index contributed by atoms with van der Waals surface area (Å²) in [5.41, 5.74) is 4.04. The first-order valence-electron chi connectivity index (χ1n) is 4.48. The molecule has 1 aromatic rings. The highest BCUT2D eigenvalue weighted by Crippen LogP contribution is 2.03. The van der Waals surface area contributed by atoms with Crippen molar-refractivity contribution in [1.29, 1.82) is 0 Å². The monoisotopic (exact) mass is 188 g/mol. The molecule has 0 aliphatic carbocycles. The quantitative estimate of drug-likeness (QED) is 0.585. The van der Waals surface area contributed by atoms with E-state index < -0.39 is 5.97 Å². The molecule has 0 bridgehead atoms. The molecule has 1 rings (SSSR count). The van der Waals surface area contributed by atoms with Crippen molar-refractivity contribution < 1.29 is 9.90 Å². The predicted molar refractivity (Wildman–Crippen MR) is 55.9 cm³/mol. The number of benzene rings is 1. The fraction of sp³-hybridized carbons (Fsp3) is 0.167. The van der Waals surface area contributed by atoms with Crippen molar-refractivity contribution in [3.05, 3.63) is 47.2 Å². The van der Waals surface area contributed by atoms with Gasteiger partial charge in [0.1, 0.15) is 0 Å². The Kier molecular flexibility index (Phi) is 3.71. The molecule has 0 fully saturated rings. The summed E-state index contributed by atoms with van der Waals surface area (Å²) in [6, 6.07) is 9.53. The van der Waals surface area contributed by atoms with E-state index >= 15 is 0 Å². The van der Waals surface area contributed by atoms with Gasteiger partial charge in [-0.05, 0) is 18.1 Å². The number of carboxylic acid groups (broad SMARTS) is 1. The van der Waals surface area contributed by atoms with Crippen LogP contribution in [0.1, 0.15) is 18.9 Å². The summed E-state index contributed by atoms with van der Waals surface area (Å²) in [7, 11) is 0. The van der Waals surface area contributed by atoms with E-state index in [1.54, 1.807) is 13.0 Å². The molecule has 0 aliphatic rings. The normalized spacial score (nSPS) is 8.93. The predicted octanol–water partition coefficient (Wildman–Crippen LogP) is 2.72. The number of carboxylic acids is 1. The molecule has 72 valence electrons. The van der Waals surface area contributed by atoms with E-state index in [0.29, 0.717) is 12.0 Å². The van der Waals surface area contributed by atoms with Crippen LogP contribution in [0.5, 0.6) is 0 Å². The van der Waals surface area contributed by atoms with E-state index in [2.05, 4.69) is 5.73 Å². The van der Waals surface area contributed by atoms with Gasteiger partial charge in [-0.3, -0.25) is 0 Å². The minimum atomic E-state index is -0.903. The molecule has 0 spiro atoms. The summed E-state index contributed by atoms with van der Waals surface area (Å²) < 4.78 is 0. The minimum absolute atomic E-state index is 0.300. The Morgan fingerprint density at radius 1 is 1.43 bits per heavy atom. The maximum Gasteiger partial charge on any atom is 0.339 e. The third-order valence-electron chi connectivity index (χ3n) is 1.82. The SMILES string of the molecule is CCC(=C=Cc1ccccc1)C(=O)O. The zero-order valence-corrected chi connectivity index (χ0v) is 8.03. The first-order chi connectivity index (χ1) is 6.74. The summed E-state index contributed by atoms with van der Waals surface area (Å²) in [6.07, 6.45) is 2.17. The Balaban J connectivity index is 2.95. The molecule has 0 amide bonds. The molecule has 0 atom stereocenters. The van der Waals surface area contributed by atoms with E-state index in [4.69, 9.17) is 5.11 Å². The molecule has 1 N–H and O–H groups in total. The summed E-state index contributed by atoms with van der Waals surface area (Å²) in [4.78, 5) is 10.6. The smallest absolute Gasteiger partial charge is 0.339 e. The van der Waals surface area contributed by atoms with Crippen LogP contribution in [0.25, 0.3) is 6.08 Å². The highest BCUT2D eigenvalue weighted by molar-refractivity contribution is 5.86. The van der Waals surface area contributed by atoms with E-state index in [1.807, 2.05) is 30.3 Å². The van der Waals surface area contributed by atoms with Crippen LogP contribution in [0.15, 0.2) is 41.6 Å². The molecule has 0 unspecified atom stereocenters. The fourth-order valence-corrected chi connectivity index (χ4v) is 1.03. The first-order valence-corrected chi connectivity index (χ1v) is 4.48. The molecule has 2 heteroatoms. The van der Waals surface area contributed by atoms with Gasteiger partial charge >= 0.3 is 5.97 Å². The summed E-state index contributed by atoms with van der Waals surface area (Å²) in [5.74, 6) is -0.903. The maximum atomic E-state index is 10.6. The van der Waals surface area contributed by atoms with E-state index in [-0.39, 0.29) is 0 Å². The molecule has 0 saturated heterocycles. The van der Waals surface area contributed by atoms with Crippen LogP contribution < -0.4 is 0 Å². The first kappa shape index (κ1) is 10.3. The zero-order valence-electron chi connectivity index (χ0n) is 8.03. The summed E-state index contributed by atoms with van der Waals surface area (Å²) in [5, 5.41) is 8.73. The van der Waals surface area contributed by atoms with Gasteiger partial charge in [0, 0.05) is 0 Å². The van der Waals surface area contributed by atoms with Gasteiger partial charge in [-0.15, -0.1) is 5.73 Å². The van der Waals surface area contributed by atoms with Crippen LogP contribution in [0.2, 0.25) is 0 Å².